The summed E-state index contributed by atoms with van der Waals surface area (Å²) in [6.45, 7) is 8.20. The predicted octanol–water partition coefficient (Wildman–Crippen LogP) is 5.29. The first-order valence-corrected chi connectivity index (χ1v) is 11.8. The van der Waals surface area contributed by atoms with Gasteiger partial charge in [0.1, 0.15) is 17.5 Å². The molecule has 3 aromatic rings. The van der Waals surface area contributed by atoms with Crippen molar-refractivity contribution in [3.05, 3.63) is 112 Å². The van der Waals surface area contributed by atoms with Crippen LogP contribution in [0.15, 0.2) is 89.4 Å². The van der Waals surface area contributed by atoms with Crippen molar-refractivity contribution in [2.75, 3.05) is 0 Å². The Balaban J connectivity index is 1.62. The van der Waals surface area contributed by atoms with Crippen LogP contribution in [-0.4, -0.2) is 17.6 Å². The van der Waals surface area contributed by atoms with Crippen molar-refractivity contribution in [3.63, 3.8) is 0 Å². The molecule has 4 rings (SSSR count). The Kier molecular flexibility index (Phi) is 6.84. The van der Waals surface area contributed by atoms with Crippen molar-refractivity contribution in [1.29, 1.82) is 5.26 Å². The molecule has 1 heterocycles. The summed E-state index contributed by atoms with van der Waals surface area (Å²) in [4.78, 5) is 30.6. The van der Waals surface area contributed by atoms with Crippen LogP contribution in [-0.2, 0) is 10.2 Å². The van der Waals surface area contributed by atoms with E-state index in [1.54, 1.807) is 18.2 Å². The third-order valence-corrected chi connectivity index (χ3v) is 6.13. The molecule has 0 radical (unpaired) electrons. The number of benzene rings is 3. The molecule has 2 N–H and O–H groups in total. The minimum absolute atomic E-state index is 0.0184. The van der Waals surface area contributed by atoms with E-state index >= 15 is 0 Å². The summed E-state index contributed by atoms with van der Waals surface area (Å²) in [5, 5.41) is 15.6. The highest BCUT2D eigenvalue weighted by Gasteiger charge is 2.28. The quantitative estimate of drug-likeness (QED) is 0.396. The standard InChI is InChI=1S/C30H28N4O2/c1-19(20-10-6-5-7-11-20)32-29(36)25(18-31)26-23-12-8-9-13-24(23)27(33-26)34-28(35)21-14-16-22(17-15-21)30(2,3)4/h5-17,19H,1-4H3,(H,32,36)(H,33,34,35)/b26-25-/t19-/m0/s1. The van der Waals surface area contributed by atoms with Crippen LogP contribution in [0.2, 0.25) is 0 Å². The molecule has 0 bridgehead atoms. The molecule has 0 unspecified atom stereocenters. The molecule has 0 aromatic heterocycles. The van der Waals surface area contributed by atoms with Crippen molar-refractivity contribution in [3.8, 4) is 6.07 Å². The normalized spacial score (nSPS) is 14.7. The number of hydrogen-bond acceptors (Lipinski definition) is 4. The van der Waals surface area contributed by atoms with Crippen LogP contribution in [0.4, 0.5) is 0 Å². The third kappa shape index (κ3) is 5.11. The van der Waals surface area contributed by atoms with Crippen molar-refractivity contribution < 1.29 is 9.59 Å². The highest BCUT2D eigenvalue weighted by atomic mass is 16.2. The first-order chi connectivity index (χ1) is 17.2. The van der Waals surface area contributed by atoms with Gasteiger partial charge >= 0.3 is 0 Å². The van der Waals surface area contributed by atoms with Crippen LogP contribution in [0.1, 0.15) is 66.3 Å². The zero-order valence-corrected chi connectivity index (χ0v) is 20.8. The molecule has 0 fully saturated rings. The number of rotatable bonds is 4. The summed E-state index contributed by atoms with van der Waals surface area (Å²) >= 11 is 0. The number of fused-ring (bicyclic) bond motifs is 1. The molecule has 0 spiro atoms. The SMILES string of the molecule is C[C@H](NC(=O)/C(C#N)=C1\N=C(NC(=O)c2ccc(C(C)(C)C)cc2)c2ccccc21)c1ccccc1. The van der Waals surface area contributed by atoms with Gasteiger partial charge in [0.05, 0.1) is 11.7 Å². The van der Waals surface area contributed by atoms with Gasteiger partial charge in [-0.05, 0) is 35.6 Å². The van der Waals surface area contributed by atoms with Gasteiger partial charge in [0.25, 0.3) is 11.8 Å². The maximum atomic E-state index is 13.1. The van der Waals surface area contributed by atoms with Gasteiger partial charge in [0, 0.05) is 16.7 Å². The van der Waals surface area contributed by atoms with Gasteiger partial charge in [-0.2, -0.15) is 5.26 Å². The van der Waals surface area contributed by atoms with Crippen molar-refractivity contribution in [2.45, 2.75) is 39.2 Å². The van der Waals surface area contributed by atoms with Crippen molar-refractivity contribution >= 4 is 23.3 Å². The molecule has 1 aliphatic heterocycles. The van der Waals surface area contributed by atoms with Gasteiger partial charge in [0.15, 0.2) is 0 Å². The Morgan fingerprint density at radius 2 is 1.50 bits per heavy atom. The molecular weight excluding hydrogens is 448 g/mol. The van der Waals surface area contributed by atoms with E-state index in [1.807, 2.05) is 73.7 Å². The van der Waals surface area contributed by atoms with Gasteiger partial charge in [-0.15, -0.1) is 0 Å². The molecule has 0 saturated heterocycles. The topological polar surface area (TPSA) is 94.3 Å². The lowest BCUT2D eigenvalue weighted by Gasteiger charge is -2.19. The summed E-state index contributed by atoms with van der Waals surface area (Å²) in [7, 11) is 0. The zero-order valence-electron chi connectivity index (χ0n) is 20.8. The van der Waals surface area contributed by atoms with E-state index in [9.17, 15) is 14.9 Å². The maximum Gasteiger partial charge on any atom is 0.264 e. The van der Waals surface area contributed by atoms with E-state index in [2.05, 4.69) is 36.4 Å². The first kappa shape index (κ1) is 24.6. The Bertz CT molecular complexity index is 1410. The monoisotopic (exact) mass is 476 g/mol. The molecule has 6 nitrogen and oxygen atoms in total. The Hall–Kier alpha value is -4.50. The average molecular weight is 477 g/mol. The first-order valence-electron chi connectivity index (χ1n) is 11.8. The molecule has 1 aliphatic rings. The summed E-state index contributed by atoms with van der Waals surface area (Å²) in [6, 6.07) is 25.9. The summed E-state index contributed by atoms with van der Waals surface area (Å²) in [6.07, 6.45) is 0. The minimum Gasteiger partial charge on any atom is -0.345 e. The molecule has 36 heavy (non-hydrogen) atoms. The second-order valence-electron chi connectivity index (χ2n) is 9.73. The lowest BCUT2D eigenvalue weighted by atomic mass is 9.87. The number of hydrogen-bond donors (Lipinski definition) is 2. The van der Waals surface area contributed by atoms with Crippen LogP contribution >= 0.6 is 0 Å². The van der Waals surface area contributed by atoms with E-state index in [1.165, 1.54) is 0 Å². The summed E-state index contributed by atoms with van der Waals surface area (Å²) in [5.41, 5.74) is 3.94. The fourth-order valence-electron chi connectivity index (χ4n) is 4.02. The number of amides is 2. The maximum absolute atomic E-state index is 13.1. The van der Waals surface area contributed by atoms with E-state index in [-0.39, 0.29) is 28.6 Å². The molecule has 0 saturated carbocycles. The van der Waals surface area contributed by atoms with Gasteiger partial charge < -0.3 is 10.6 Å². The zero-order chi connectivity index (χ0) is 25.9. The van der Waals surface area contributed by atoms with Crippen LogP contribution in [0, 0.1) is 11.3 Å². The van der Waals surface area contributed by atoms with Crippen LogP contribution in [0.5, 0.6) is 0 Å². The molecular formula is C30H28N4O2. The highest BCUT2D eigenvalue weighted by Crippen LogP contribution is 2.31. The molecule has 1 atom stereocenters. The smallest absolute Gasteiger partial charge is 0.264 e. The summed E-state index contributed by atoms with van der Waals surface area (Å²) < 4.78 is 0. The molecule has 3 aromatic carbocycles. The van der Waals surface area contributed by atoms with Crippen LogP contribution in [0.3, 0.4) is 0 Å². The number of nitrogens with zero attached hydrogens (tertiary/aromatic N) is 2. The van der Waals surface area contributed by atoms with Crippen LogP contribution in [0.25, 0.3) is 5.70 Å². The number of carbonyl (C=O) groups is 2. The van der Waals surface area contributed by atoms with E-state index in [0.29, 0.717) is 22.5 Å². The Morgan fingerprint density at radius 1 is 0.889 bits per heavy atom. The fourth-order valence-corrected chi connectivity index (χ4v) is 4.02. The van der Waals surface area contributed by atoms with Gasteiger partial charge in [-0.3, -0.25) is 9.59 Å². The van der Waals surface area contributed by atoms with Gasteiger partial charge in [-0.1, -0.05) is 87.5 Å². The van der Waals surface area contributed by atoms with E-state index in [0.717, 1.165) is 11.1 Å². The molecule has 180 valence electrons. The second kappa shape index (κ2) is 10.0. The largest absolute Gasteiger partial charge is 0.345 e. The number of nitriles is 1. The average Bonchev–Trinajstić information content (AvgIpc) is 3.22. The third-order valence-electron chi connectivity index (χ3n) is 6.13. The van der Waals surface area contributed by atoms with Crippen molar-refractivity contribution in [2.24, 2.45) is 4.99 Å². The highest BCUT2D eigenvalue weighted by molar-refractivity contribution is 6.20. The van der Waals surface area contributed by atoms with E-state index < -0.39 is 5.91 Å². The number of carbonyl (C=O) groups excluding carboxylic acids is 2. The predicted molar refractivity (Wildman–Crippen MR) is 141 cm³/mol. The Labute approximate surface area is 211 Å². The number of amidine groups is 1. The fraction of sp³-hybridized carbons (Fsp3) is 0.200. The molecule has 2 amide bonds. The summed E-state index contributed by atoms with van der Waals surface area (Å²) in [5.74, 6) is -0.527. The number of nitrogens with one attached hydrogen (secondary N) is 2. The lowest BCUT2D eigenvalue weighted by molar-refractivity contribution is -0.117. The van der Waals surface area contributed by atoms with E-state index in [4.69, 9.17) is 0 Å². The number of aliphatic imine (C=N–C) groups is 1. The molecule has 6 heteroatoms. The lowest BCUT2D eigenvalue weighted by Crippen LogP contribution is -2.30. The molecule has 0 aliphatic carbocycles. The second-order valence-corrected chi connectivity index (χ2v) is 9.73. The van der Waals surface area contributed by atoms with Gasteiger partial charge in [0.2, 0.25) is 0 Å². The Morgan fingerprint density at radius 3 is 2.11 bits per heavy atom. The van der Waals surface area contributed by atoms with Crippen molar-refractivity contribution in [1.82, 2.24) is 10.6 Å². The van der Waals surface area contributed by atoms with Gasteiger partial charge in [-0.25, -0.2) is 4.99 Å². The van der Waals surface area contributed by atoms with Crippen LogP contribution < -0.4 is 10.6 Å². The minimum atomic E-state index is -0.521.